The van der Waals surface area contributed by atoms with Gasteiger partial charge in [0.05, 0.1) is 0 Å². The Morgan fingerprint density at radius 2 is 1.42 bits per heavy atom. The molecule has 2 aliphatic rings. The van der Waals surface area contributed by atoms with Crippen molar-refractivity contribution in [1.29, 1.82) is 0 Å². The number of anilines is 1. The number of fused-ring (bicyclic) bond motifs is 1. The molecule has 1 unspecified atom stereocenters. The topological polar surface area (TPSA) is 26.8 Å². The van der Waals surface area contributed by atoms with E-state index >= 15 is 0 Å². The minimum atomic E-state index is -0.619. The van der Waals surface area contributed by atoms with Crippen molar-refractivity contribution in [2.24, 2.45) is 0 Å². The molecule has 3 aromatic rings. The van der Waals surface area contributed by atoms with E-state index in [1.807, 2.05) is 6.07 Å². The summed E-state index contributed by atoms with van der Waals surface area (Å²) >= 11 is 0. The summed E-state index contributed by atoms with van der Waals surface area (Å²) in [6.07, 6.45) is 4.14. The maximum absolute atomic E-state index is 14.4. The molecule has 1 saturated heterocycles. The van der Waals surface area contributed by atoms with Crippen molar-refractivity contribution in [3.63, 3.8) is 0 Å². The highest BCUT2D eigenvalue weighted by molar-refractivity contribution is 6.10. The number of halogens is 2. The fraction of sp³-hybridized carbons (Fsp3) is 0.406. The first-order valence-electron chi connectivity index (χ1n) is 13.5. The van der Waals surface area contributed by atoms with E-state index in [2.05, 4.69) is 108 Å². The van der Waals surface area contributed by atoms with E-state index in [4.69, 9.17) is 0 Å². The molecule has 5 rings (SSSR count). The Morgan fingerprint density at radius 3 is 2.08 bits per heavy atom. The third kappa shape index (κ3) is 6.10. The molecule has 4 nitrogen and oxygen atoms in total. The van der Waals surface area contributed by atoms with Crippen molar-refractivity contribution in [2.45, 2.75) is 37.0 Å². The van der Waals surface area contributed by atoms with Crippen LogP contribution in [0, 0.1) is 0 Å². The molecule has 6 heteroatoms. The second-order valence-corrected chi connectivity index (χ2v) is 10.7. The van der Waals surface area contributed by atoms with E-state index in [0.29, 0.717) is 5.92 Å². The first-order valence-corrected chi connectivity index (χ1v) is 13.5. The molecule has 0 aromatic heterocycles. The zero-order chi connectivity index (χ0) is 25.0. The lowest BCUT2D eigenvalue weighted by Crippen LogP contribution is -2.45. The van der Waals surface area contributed by atoms with Crippen molar-refractivity contribution in [3.05, 3.63) is 102 Å². The van der Waals surface area contributed by atoms with Gasteiger partial charge in [-0.2, -0.15) is 0 Å². The fourth-order valence-corrected chi connectivity index (χ4v) is 6.22. The minimum absolute atomic E-state index is 0. The van der Waals surface area contributed by atoms with Gasteiger partial charge in [-0.25, -0.2) is 0 Å². The van der Waals surface area contributed by atoms with Gasteiger partial charge in [0.15, 0.2) is 0 Å². The smallest absolute Gasteiger partial charge is 0.242 e. The van der Waals surface area contributed by atoms with Crippen molar-refractivity contribution < 1.29 is 4.79 Å². The third-order valence-electron chi connectivity index (χ3n) is 8.18. The Labute approximate surface area is 240 Å². The molecule has 0 spiro atoms. The highest BCUT2D eigenvalue weighted by atomic mass is 35.5. The quantitative estimate of drug-likeness (QED) is 0.307. The van der Waals surface area contributed by atoms with Crippen LogP contribution in [0.25, 0.3) is 0 Å². The lowest BCUT2D eigenvalue weighted by molar-refractivity contribution is -0.122. The van der Waals surface area contributed by atoms with Crippen LogP contribution in [0.15, 0.2) is 84.9 Å². The predicted molar refractivity (Wildman–Crippen MR) is 163 cm³/mol. The molecular formula is C32H41Cl2N3O. The zero-order valence-corrected chi connectivity index (χ0v) is 24.2. The number of para-hydroxylation sites is 1. The van der Waals surface area contributed by atoms with Gasteiger partial charge >= 0.3 is 0 Å². The molecule has 0 bridgehead atoms. The summed E-state index contributed by atoms with van der Waals surface area (Å²) in [4.78, 5) is 21.2. The van der Waals surface area contributed by atoms with Crippen molar-refractivity contribution in [1.82, 2.24) is 9.80 Å². The Bertz CT molecular complexity index is 1150. The number of benzene rings is 3. The minimum Gasteiger partial charge on any atom is -0.311 e. The summed E-state index contributed by atoms with van der Waals surface area (Å²) in [5, 5.41) is 0. The molecule has 3 aromatic carbocycles. The van der Waals surface area contributed by atoms with E-state index in [1.54, 1.807) is 0 Å². The maximum atomic E-state index is 14.4. The van der Waals surface area contributed by atoms with E-state index < -0.39 is 5.41 Å². The summed E-state index contributed by atoms with van der Waals surface area (Å²) in [5.41, 5.74) is 4.23. The van der Waals surface area contributed by atoms with Crippen molar-refractivity contribution in [3.8, 4) is 0 Å². The van der Waals surface area contributed by atoms with Gasteiger partial charge < -0.3 is 14.7 Å². The Balaban J connectivity index is 0.00000200. The maximum Gasteiger partial charge on any atom is 0.242 e. The van der Waals surface area contributed by atoms with Gasteiger partial charge in [-0.15, -0.1) is 24.8 Å². The fourth-order valence-electron chi connectivity index (χ4n) is 6.22. The van der Waals surface area contributed by atoms with Crippen molar-refractivity contribution >= 4 is 36.4 Å². The molecule has 1 amide bonds. The molecule has 2 aliphatic heterocycles. The van der Waals surface area contributed by atoms with Crippen LogP contribution in [0.5, 0.6) is 0 Å². The van der Waals surface area contributed by atoms with Crippen LogP contribution in [0.4, 0.5) is 5.69 Å². The highest BCUT2D eigenvalue weighted by Gasteiger charge is 2.51. The van der Waals surface area contributed by atoms with Crippen LogP contribution in [-0.2, 0) is 10.2 Å². The molecule has 204 valence electrons. The predicted octanol–water partition coefficient (Wildman–Crippen LogP) is 6.38. The normalized spacial score (nSPS) is 19.7. The average molecular weight is 555 g/mol. The molecule has 38 heavy (non-hydrogen) atoms. The largest absolute Gasteiger partial charge is 0.311 e. The van der Waals surface area contributed by atoms with Gasteiger partial charge in [-0.05, 0) is 94.6 Å². The Hall–Kier alpha value is -2.37. The van der Waals surface area contributed by atoms with Crippen LogP contribution in [0.2, 0.25) is 0 Å². The average Bonchev–Trinajstić information content (AvgIpc) is 3.16. The summed E-state index contributed by atoms with van der Waals surface area (Å²) in [6, 6.07) is 29.9. The molecule has 0 aliphatic carbocycles. The molecule has 2 heterocycles. The molecular weight excluding hydrogens is 513 g/mol. The van der Waals surface area contributed by atoms with E-state index in [9.17, 15) is 4.79 Å². The molecule has 0 N–H and O–H groups in total. The second kappa shape index (κ2) is 13.6. The molecule has 0 saturated carbocycles. The summed E-state index contributed by atoms with van der Waals surface area (Å²) in [5.74, 6) is 0.888. The van der Waals surface area contributed by atoms with E-state index in [0.717, 1.165) is 56.8 Å². The van der Waals surface area contributed by atoms with Gasteiger partial charge in [0.1, 0.15) is 5.41 Å². The van der Waals surface area contributed by atoms with E-state index in [1.165, 1.54) is 24.0 Å². The number of hydrogen-bond acceptors (Lipinski definition) is 3. The standard InChI is InChI=1S/C32H39N3O.2ClH/c1-33(2)21-11-22-35-30-17-10-9-16-29(30)32(31(35)36,28-14-7-4-8-15-28)20-25-34-23-18-27(19-24-34)26-12-5-3-6-13-26;;/h3-10,12-17,27H,11,18-25H2,1-2H3;2*1H. The van der Waals surface area contributed by atoms with Crippen LogP contribution in [0.1, 0.15) is 48.3 Å². The number of likely N-dealkylation sites (tertiary alicyclic amines) is 1. The van der Waals surface area contributed by atoms with Crippen LogP contribution >= 0.6 is 24.8 Å². The molecule has 1 fully saturated rings. The number of hydrogen-bond donors (Lipinski definition) is 0. The Morgan fingerprint density at radius 1 is 0.816 bits per heavy atom. The monoisotopic (exact) mass is 553 g/mol. The van der Waals surface area contributed by atoms with Crippen LogP contribution < -0.4 is 4.90 Å². The second-order valence-electron chi connectivity index (χ2n) is 10.7. The van der Waals surface area contributed by atoms with Crippen LogP contribution in [0.3, 0.4) is 0 Å². The highest BCUT2D eigenvalue weighted by Crippen LogP contribution is 2.48. The number of amides is 1. The summed E-state index contributed by atoms with van der Waals surface area (Å²) < 4.78 is 0. The van der Waals surface area contributed by atoms with Gasteiger partial charge in [0.25, 0.3) is 0 Å². The first-order chi connectivity index (χ1) is 17.6. The van der Waals surface area contributed by atoms with Gasteiger partial charge in [-0.1, -0.05) is 78.9 Å². The van der Waals surface area contributed by atoms with Gasteiger partial charge in [0.2, 0.25) is 5.91 Å². The molecule has 1 atom stereocenters. The van der Waals surface area contributed by atoms with Crippen molar-refractivity contribution in [2.75, 3.05) is 51.7 Å². The summed E-state index contributed by atoms with van der Waals surface area (Å²) in [7, 11) is 4.18. The van der Waals surface area contributed by atoms with Crippen LogP contribution in [-0.4, -0.2) is 62.5 Å². The van der Waals surface area contributed by atoms with E-state index in [-0.39, 0.29) is 30.7 Å². The third-order valence-corrected chi connectivity index (χ3v) is 8.18. The summed E-state index contributed by atoms with van der Waals surface area (Å²) in [6.45, 7) is 4.84. The number of rotatable bonds is 9. The first kappa shape index (κ1) is 30.2. The number of piperidine rings is 1. The van der Waals surface area contributed by atoms with Gasteiger partial charge in [-0.3, -0.25) is 4.79 Å². The number of carbonyl (C=O) groups excluding carboxylic acids is 1. The zero-order valence-electron chi connectivity index (χ0n) is 22.6. The number of nitrogens with zero attached hydrogens (tertiary/aromatic N) is 3. The number of carbonyl (C=O) groups is 1. The lowest BCUT2D eigenvalue weighted by atomic mass is 9.72. The van der Waals surface area contributed by atoms with Gasteiger partial charge in [0, 0.05) is 12.2 Å². The SMILES string of the molecule is CN(C)CCCN1C(=O)C(CCN2CCC(c3ccccc3)CC2)(c2ccccc2)c2ccccc21.Cl.Cl. The lowest BCUT2D eigenvalue weighted by Gasteiger charge is -2.36. The Kier molecular flexibility index (Phi) is 10.8. The molecule has 0 radical (unpaired) electrons.